The molecule has 1 amide bonds. The first-order valence-corrected chi connectivity index (χ1v) is 9.82. The molecule has 1 aliphatic carbocycles. The number of aryl methyl sites for hydroxylation is 2. The number of fused-ring (bicyclic) bond motifs is 1. The topological polar surface area (TPSA) is 64.7 Å². The molecule has 0 fully saturated rings. The van der Waals surface area contributed by atoms with Crippen LogP contribution >= 0.6 is 0 Å². The summed E-state index contributed by atoms with van der Waals surface area (Å²) in [6, 6.07) is 10.2. The average molecular weight is 377 g/mol. The lowest BCUT2D eigenvalue weighted by Crippen LogP contribution is -2.37. The Morgan fingerprint density at radius 3 is 2.79 bits per heavy atom. The van der Waals surface area contributed by atoms with Gasteiger partial charge in [0.25, 0.3) is 0 Å². The number of imidazole rings is 1. The molecule has 1 atom stereocenters. The molecular formula is C22H27N5O. The second-order valence-corrected chi connectivity index (χ2v) is 8.38. The summed E-state index contributed by atoms with van der Waals surface area (Å²) in [4.78, 5) is 16.9. The van der Waals surface area contributed by atoms with E-state index in [-0.39, 0.29) is 17.4 Å². The number of nitrogens with one attached hydrogen (secondary N) is 1. The lowest BCUT2D eigenvalue weighted by molar-refractivity contribution is -0.122. The number of para-hydroxylation sites is 1. The number of hydrogen-bond acceptors (Lipinski definition) is 3. The van der Waals surface area contributed by atoms with Crippen LogP contribution in [0, 0.1) is 12.3 Å². The Kier molecular flexibility index (Phi) is 4.79. The van der Waals surface area contributed by atoms with Gasteiger partial charge in [-0.25, -0.2) is 9.67 Å². The lowest BCUT2D eigenvalue weighted by atomic mass is 9.74. The molecule has 0 radical (unpaired) electrons. The number of carbonyl (C=O) groups is 1. The van der Waals surface area contributed by atoms with E-state index >= 15 is 0 Å². The summed E-state index contributed by atoms with van der Waals surface area (Å²) in [5.74, 6) is 0.993. The highest BCUT2D eigenvalue weighted by atomic mass is 16.1. The van der Waals surface area contributed by atoms with Crippen LogP contribution in [0.3, 0.4) is 0 Å². The zero-order valence-corrected chi connectivity index (χ0v) is 16.7. The smallest absolute Gasteiger partial charge is 0.222 e. The summed E-state index contributed by atoms with van der Waals surface area (Å²) in [5, 5.41) is 7.89. The molecule has 3 aromatic rings. The Morgan fingerprint density at radius 2 is 2.07 bits per heavy atom. The van der Waals surface area contributed by atoms with Crippen molar-refractivity contribution >= 4 is 5.91 Å². The van der Waals surface area contributed by atoms with Crippen molar-refractivity contribution in [2.24, 2.45) is 5.41 Å². The highest BCUT2D eigenvalue weighted by Crippen LogP contribution is 2.41. The monoisotopic (exact) mass is 377 g/mol. The van der Waals surface area contributed by atoms with E-state index in [1.165, 1.54) is 5.69 Å². The molecular weight excluding hydrogens is 350 g/mol. The molecule has 0 aliphatic heterocycles. The quantitative estimate of drug-likeness (QED) is 0.739. The summed E-state index contributed by atoms with van der Waals surface area (Å²) in [6.45, 7) is 7.11. The molecule has 0 unspecified atom stereocenters. The number of nitrogens with zero attached hydrogens (tertiary/aromatic N) is 4. The predicted octanol–water partition coefficient (Wildman–Crippen LogP) is 3.60. The number of rotatable bonds is 5. The molecule has 6 heteroatoms. The lowest BCUT2D eigenvalue weighted by Gasteiger charge is -2.36. The first-order valence-electron chi connectivity index (χ1n) is 9.82. The Labute approximate surface area is 165 Å². The van der Waals surface area contributed by atoms with Crippen LogP contribution in [0.2, 0.25) is 0 Å². The standard InChI is InChI=1S/C22H27N5O/c1-16-23-10-12-26(16)11-9-21(28)25-19-13-22(2,3)14-20-18(19)15-24-27(20)17-7-5-4-6-8-17/h4-8,10,12,15,19H,9,11,13-14H2,1-3H3,(H,25,28)/t19-/m1/s1. The molecule has 1 aromatic carbocycles. The Bertz CT molecular complexity index is 970. The molecule has 1 aliphatic rings. The molecule has 6 nitrogen and oxygen atoms in total. The minimum absolute atomic E-state index is 0.00686. The third kappa shape index (κ3) is 3.72. The first-order chi connectivity index (χ1) is 13.4. The van der Waals surface area contributed by atoms with Crippen LogP contribution in [0.25, 0.3) is 5.69 Å². The first kappa shape index (κ1) is 18.5. The summed E-state index contributed by atoms with van der Waals surface area (Å²) >= 11 is 0. The van der Waals surface area contributed by atoms with Crippen molar-refractivity contribution in [2.45, 2.75) is 52.6 Å². The molecule has 4 rings (SSSR count). The Morgan fingerprint density at radius 1 is 1.29 bits per heavy atom. The normalized spacial score (nSPS) is 17.9. The fourth-order valence-electron chi connectivity index (χ4n) is 4.09. The van der Waals surface area contributed by atoms with Gasteiger partial charge in [0.05, 0.1) is 23.6 Å². The van der Waals surface area contributed by atoms with Crippen LogP contribution < -0.4 is 5.32 Å². The average Bonchev–Trinajstić information content (AvgIpc) is 3.26. The molecule has 0 bridgehead atoms. The molecule has 146 valence electrons. The maximum atomic E-state index is 12.6. The van der Waals surface area contributed by atoms with Crippen LogP contribution in [0.5, 0.6) is 0 Å². The fourth-order valence-corrected chi connectivity index (χ4v) is 4.09. The van der Waals surface area contributed by atoms with Gasteiger partial charge in [0.1, 0.15) is 5.82 Å². The van der Waals surface area contributed by atoms with Gasteiger partial charge in [-0.1, -0.05) is 32.0 Å². The molecule has 1 N–H and O–H groups in total. The van der Waals surface area contributed by atoms with Gasteiger partial charge in [-0.2, -0.15) is 5.10 Å². The molecule has 28 heavy (non-hydrogen) atoms. The molecule has 2 aromatic heterocycles. The fraction of sp³-hybridized carbons (Fsp3) is 0.409. The zero-order valence-electron chi connectivity index (χ0n) is 16.7. The van der Waals surface area contributed by atoms with E-state index in [1.807, 2.05) is 46.8 Å². The number of aromatic nitrogens is 4. The van der Waals surface area contributed by atoms with Crippen molar-refractivity contribution in [3.63, 3.8) is 0 Å². The van der Waals surface area contributed by atoms with Gasteiger partial charge in [0, 0.05) is 30.9 Å². The van der Waals surface area contributed by atoms with Crippen LogP contribution in [0.1, 0.15) is 49.8 Å². The zero-order chi connectivity index (χ0) is 19.7. The Balaban J connectivity index is 1.53. The van der Waals surface area contributed by atoms with Gasteiger partial charge in [0.15, 0.2) is 0 Å². The second kappa shape index (κ2) is 7.26. The van der Waals surface area contributed by atoms with Crippen molar-refractivity contribution < 1.29 is 4.79 Å². The van der Waals surface area contributed by atoms with Gasteiger partial charge in [-0.05, 0) is 37.3 Å². The van der Waals surface area contributed by atoms with Crippen molar-refractivity contribution in [3.05, 3.63) is 66.0 Å². The van der Waals surface area contributed by atoms with E-state index in [4.69, 9.17) is 0 Å². The Hall–Kier alpha value is -2.89. The van der Waals surface area contributed by atoms with Crippen molar-refractivity contribution in [2.75, 3.05) is 0 Å². The molecule has 0 saturated carbocycles. The SMILES string of the molecule is Cc1nccn1CCC(=O)N[C@@H]1CC(C)(C)Cc2c1cnn2-c1ccccc1. The maximum Gasteiger partial charge on any atom is 0.222 e. The highest BCUT2D eigenvalue weighted by molar-refractivity contribution is 5.76. The van der Waals surface area contributed by atoms with Gasteiger partial charge in [-0.3, -0.25) is 4.79 Å². The van der Waals surface area contributed by atoms with Gasteiger partial charge < -0.3 is 9.88 Å². The molecule has 2 heterocycles. The number of benzene rings is 1. The van der Waals surface area contributed by atoms with Crippen molar-refractivity contribution in [3.8, 4) is 5.69 Å². The number of hydrogen-bond donors (Lipinski definition) is 1. The van der Waals surface area contributed by atoms with Gasteiger partial charge >= 0.3 is 0 Å². The van der Waals surface area contributed by atoms with Gasteiger partial charge in [-0.15, -0.1) is 0 Å². The third-order valence-electron chi connectivity index (χ3n) is 5.52. The summed E-state index contributed by atoms with van der Waals surface area (Å²) < 4.78 is 4.02. The van der Waals surface area contributed by atoms with Crippen molar-refractivity contribution in [1.29, 1.82) is 0 Å². The van der Waals surface area contributed by atoms with E-state index in [2.05, 4.69) is 41.4 Å². The predicted molar refractivity (Wildman–Crippen MR) is 108 cm³/mol. The van der Waals surface area contributed by atoms with Crippen LogP contribution in [0.15, 0.2) is 48.9 Å². The van der Waals surface area contributed by atoms with Gasteiger partial charge in [0.2, 0.25) is 5.91 Å². The largest absolute Gasteiger partial charge is 0.349 e. The van der Waals surface area contributed by atoms with E-state index in [0.717, 1.165) is 29.9 Å². The van der Waals surface area contributed by atoms with Crippen LogP contribution in [-0.2, 0) is 17.8 Å². The highest BCUT2D eigenvalue weighted by Gasteiger charge is 2.35. The maximum absolute atomic E-state index is 12.6. The minimum atomic E-state index is -0.00686. The molecule has 0 saturated heterocycles. The third-order valence-corrected chi connectivity index (χ3v) is 5.52. The van der Waals surface area contributed by atoms with E-state index in [9.17, 15) is 4.79 Å². The molecule has 0 spiro atoms. The van der Waals surface area contributed by atoms with Crippen molar-refractivity contribution in [1.82, 2.24) is 24.6 Å². The minimum Gasteiger partial charge on any atom is -0.349 e. The summed E-state index contributed by atoms with van der Waals surface area (Å²) in [5.41, 5.74) is 3.48. The number of carbonyl (C=O) groups excluding carboxylic acids is 1. The van der Waals surface area contributed by atoms with E-state index in [0.29, 0.717) is 13.0 Å². The summed E-state index contributed by atoms with van der Waals surface area (Å²) in [7, 11) is 0. The van der Waals surface area contributed by atoms with Crippen LogP contribution in [-0.4, -0.2) is 25.2 Å². The van der Waals surface area contributed by atoms with E-state index in [1.54, 1.807) is 6.20 Å². The second-order valence-electron chi connectivity index (χ2n) is 8.38. The summed E-state index contributed by atoms with van der Waals surface area (Å²) in [6.07, 6.45) is 7.89. The van der Waals surface area contributed by atoms with Crippen LogP contribution in [0.4, 0.5) is 0 Å². The number of amides is 1. The van der Waals surface area contributed by atoms with E-state index < -0.39 is 0 Å².